The van der Waals surface area contributed by atoms with Crippen LogP contribution in [0.3, 0.4) is 0 Å². The Kier molecular flexibility index (Phi) is 4.47. The third kappa shape index (κ3) is 2.79. The zero-order valence-electron chi connectivity index (χ0n) is 11.4. The van der Waals surface area contributed by atoms with Gasteiger partial charge in [-0.3, -0.25) is 4.79 Å². The summed E-state index contributed by atoms with van der Waals surface area (Å²) in [5, 5.41) is 17.8. The molecule has 0 unspecified atom stereocenters. The number of likely N-dealkylation sites (N-methyl/N-ethyl adjacent to an activating group) is 1. The molecule has 1 heterocycles. The molecule has 0 aliphatic heterocycles. The molecule has 0 bridgehead atoms. The second-order valence-corrected chi connectivity index (χ2v) is 6.39. The maximum atomic E-state index is 12.5. The first-order chi connectivity index (χ1) is 9.17. The van der Waals surface area contributed by atoms with Gasteiger partial charge in [0.15, 0.2) is 0 Å². The highest BCUT2D eigenvalue weighted by Gasteiger charge is 2.41. The summed E-state index contributed by atoms with van der Waals surface area (Å²) in [6.07, 6.45) is 1.05. The van der Waals surface area contributed by atoms with Gasteiger partial charge in [0, 0.05) is 12.7 Å². The first kappa shape index (κ1) is 16.1. The lowest BCUT2D eigenvalue weighted by Gasteiger charge is -2.32. The quantitative estimate of drug-likeness (QED) is 0.861. The van der Waals surface area contributed by atoms with Gasteiger partial charge in [0.1, 0.15) is 22.2 Å². The third-order valence-corrected chi connectivity index (χ3v) is 5.01. The van der Waals surface area contributed by atoms with E-state index in [4.69, 9.17) is 5.26 Å². The molecular weight excluding hydrogens is 282 g/mol. The average Bonchev–Trinajstić information content (AvgIpc) is 2.38. The number of nitrogens with zero attached hydrogens (tertiary/aromatic N) is 3. The highest BCUT2D eigenvalue weighted by Crippen LogP contribution is 2.24. The van der Waals surface area contributed by atoms with Gasteiger partial charge < -0.3 is 5.11 Å². The van der Waals surface area contributed by atoms with E-state index >= 15 is 0 Å². The van der Waals surface area contributed by atoms with Crippen LogP contribution in [0.15, 0.2) is 23.2 Å². The van der Waals surface area contributed by atoms with Crippen LogP contribution < -0.4 is 0 Å². The van der Waals surface area contributed by atoms with E-state index in [2.05, 4.69) is 4.98 Å². The fourth-order valence-corrected chi connectivity index (χ4v) is 3.40. The van der Waals surface area contributed by atoms with Gasteiger partial charge in [0.25, 0.3) is 0 Å². The Bertz CT molecular complexity index is 644. The van der Waals surface area contributed by atoms with Crippen molar-refractivity contribution in [2.24, 2.45) is 0 Å². The van der Waals surface area contributed by atoms with Gasteiger partial charge in [0.05, 0.1) is 0 Å². The van der Waals surface area contributed by atoms with Gasteiger partial charge in [-0.15, -0.1) is 0 Å². The van der Waals surface area contributed by atoms with Crippen LogP contribution in [0.4, 0.5) is 0 Å². The molecule has 0 atom stereocenters. The molecule has 1 N–H and O–H groups in total. The van der Waals surface area contributed by atoms with E-state index in [1.165, 1.54) is 26.0 Å². The smallest absolute Gasteiger partial charge is 0.324 e. The van der Waals surface area contributed by atoms with Crippen LogP contribution in [0.2, 0.25) is 0 Å². The van der Waals surface area contributed by atoms with Crippen molar-refractivity contribution < 1.29 is 18.3 Å². The molecule has 0 saturated carbocycles. The standard InChI is InChI=1S/C12H15N3O4S/c1-4-15(12(2,3)11(16)17)20(18,19)10-6-5-9(7-13)14-8-10/h5-6,8H,4H2,1-3H3,(H,16,17). The van der Waals surface area contributed by atoms with Gasteiger partial charge >= 0.3 is 5.97 Å². The highest BCUT2D eigenvalue weighted by molar-refractivity contribution is 7.89. The molecule has 1 rings (SSSR count). The number of hydrogen-bond donors (Lipinski definition) is 1. The van der Waals surface area contributed by atoms with Crippen LogP contribution in [0.25, 0.3) is 0 Å². The van der Waals surface area contributed by atoms with Crippen molar-refractivity contribution in [2.75, 3.05) is 6.54 Å². The summed E-state index contributed by atoms with van der Waals surface area (Å²) in [5.41, 5.74) is -1.49. The minimum Gasteiger partial charge on any atom is -0.480 e. The fraction of sp³-hybridized carbons (Fsp3) is 0.417. The maximum absolute atomic E-state index is 12.5. The number of hydrogen-bond acceptors (Lipinski definition) is 5. The van der Waals surface area contributed by atoms with Crippen LogP contribution in [0.1, 0.15) is 26.5 Å². The molecule has 1 aromatic heterocycles. The Labute approximate surface area is 117 Å². The minimum absolute atomic E-state index is 0.00162. The molecule has 0 amide bonds. The lowest BCUT2D eigenvalue weighted by molar-refractivity contribution is -0.146. The molecule has 0 aliphatic carbocycles. The lowest BCUT2D eigenvalue weighted by atomic mass is 10.1. The number of rotatable bonds is 5. The summed E-state index contributed by atoms with van der Waals surface area (Å²) in [6.45, 7) is 4.18. The van der Waals surface area contributed by atoms with Gasteiger partial charge in [-0.2, -0.15) is 9.57 Å². The molecule has 8 heteroatoms. The van der Waals surface area contributed by atoms with Gasteiger partial charge in [-0.25, -0.2) is 13.4 Å². The monoisotopic (exact) mass is 297 g/mol. The molecule has 0 saturated heterocycles. The van der Waals surface area contributed by atoms with E-state index in [1.54, 1.807) is 13.0 Å². The number of carbonyl (C=O) groups is 1. The number of sulfonamides is 1. The van der Waals surface area contributed by atoms with Crippen LogP contribution in [-0.2, 0) is 14.8 Å². The molecule has 0 radical (unpaired) electrons. The Morgan fingerprint density at radius 2 is 2.10 bits per heavy atom. The number of carboxylic acid groups (broad SMARTS) is 1. The van der Waals surface area contributed by atoms with Crippen molar-refractivity contribution in [3.05, 3.63) is 24.0 Å². The molecule has 0 aromatic carbocycles. The average molecular weight is 297 g/mol. The fourth-order valence-electron chi connectivity index (χ4n) is 1.70. The second-order valence-electron chi connectivity index (χ2n) is 4.52. The van der Waals surface area contributed by atoms with E-state index in [1.807, 2.05) is 0 Å². The van der Waals surface area contributed by atoms with Crippen molar-refractivity contribution in [3.63, 3.8) is 0 Å². The molecule has 7 nitrogen and oxygen atoms in total. The van der Waals surface area contributed by atoms with E-state index in [0.29, 0.717) is 0 Å². The predicted octanol–water partition coefficient (Wildman–Crippen LogP) is 0.827. The van der Waals surface area contributed by atoms with Crippen molar-refractivity contribution in [2.45, 2.75) is 31.2 Å². The Balaban J connectivity index is 3.32. The molecule has 0 aliphatic rings. The third-order valence-electron chi connectivity index (χ3n) is 2.87. The molecule has 0 fully saturated rings. The summed E-state index contributed by atoms with van der Waals surface area (Å²) in [5.74, 6) is -1.25. The van der Waals surface area contributed by atoms with Gasteiger partial charge in [-0.1, -0.05) is 6.92 Å². The van der Waals surface area contributed by atoms with E-state index < -0.39 is 21.5 Å². The number of aromatic nitrogens is 1. The molecule has 1 aromatic rings. The van der Waals surface area contributed by atoms with Crippen LogP contribution in [-0.4, -0.2) is 40.9 Å². The summed E-state index contributed by atoms with van der Waals surface area (Å²) < 4.78 is 25.8. The number of aliphatic carboxylic acids is 1. The number of nitriles is 1. The van der Waals surface area contributed by atoms with Crippen LogP contribution in [0, 0.1) is 11.3 Å². The van der Waals surface area contributed by atoms with Crippen molar-refractivity contribution in [1.29, 1.82) is 5.26 Å². The highest BCUT2D eigenvalue weighted by atomic mass is 32.2. The summed E-state index contributed by atoms with van der Waals surface area (Å²) in [4.78, 5) is 14.8. The van der Waals surface area contributed by atoms with Gasteiger partial charge in [-0.05, 0) is 26.0 Å². The zero-order valence-corrected chi connectivity index (χ0v) is 12.2. The van der Waals surface area contributed by atoms with E-state index in [0.717, 1.165) is 10.5 Å². The summed E-state index contributed by atoms with van der Waals surface area (Å²) in [6, 6.07) is 4.29. The molecule has 0 spiro atoms. The predicted molar refractivity (Wildman–Crippen MR) is 70.2 cm³/mol. The first-order valence-corrected chi connectivity index (χ1v) is 7.24. The Morgan fingerprint density at radius 1 is 1.50 bits per heavy atom. The number of pyridine rings is 1. The maximum Gasteiger partial charge on any atom is 0.324 e. The molecular formula is C12H15N3O4S. The lowest BCUT2D eigenvalue weighted by Crippen LogP contribution is -2.52. The molecule has 108 valence electrons. The SMILES string of the molecule is CCN(C(C)(C)C(=O)O)S(=O)(=O)c1ccc(C#N)nc1. The Morgan fingerprint density at radius 3 is 2.45 bits per heavy atom. The van der Waals surface area contributed by atoms with Gasteiger partial charge in [0.2, 0.25) is 10.0 Å². The van der Waals surface area contributed by atoms with Crippen LogP contribution >= 0.6 is 0 Å². The van der Waals surface area contributed by atoms with Crippen molar-refractivity contribution in [1.82, 2.24) is 9.29 Å². The topological polar surface area (TPSA) is 111 Å². The van der Waals surface area contributed by atoms with E-state index in [9.17, 15) is 18.3 Å². The second kappa shape index (κ2) is 5.56. The largest absolute Gasteiger partial charge is 0.480 e. The summed E-state index contributed by atoms with van der Waals surface area (Å²) in [7, 11) is -4.00. The first-order valence-electron chi connectivity index (χ1n) is 5.80. The van der Waals surface area contributed by atoms with Crippen LogP contribution in [0.5, 0.6) is 0 Å². The van der Waals surface area contributed by atoms with Crippen molar-refractivity contribution >= 4 is 16.0 Å². The normalized spacial score (nSPS) is 12.2. The minimum atomic E-state index is -4.00. The van der Waals surface area contributed by atoms with E-state index in [-0.39, 0.29) is 17.1 Å². The zero-order chi connectivity index (χ0) is 15.6. The Hall–Kier alpha value is -1.98. The van der Waals surface area contributed by atoms with Crippen molar-refractivity contribution in [3.8, 4) is 6.07 Å². The summed E-state index contributed by atoms with van der Waals surface area (Å²) >= 11 is 0. The molecule has 20 heavy (non-hydrogen) atoms. The number of carboxylic acids is 1.